The SMILES string of the molecule is Cc1ccccc1S(=O)(=O)Nc1ncccc1Cl. The van der Waals surface area contributed by atoms with Crippen LogP contribution in [0.4, 0.5) is 5.82 Å². The highest BCUT2D eigenvalue weighted by Gasteiger charge is 2.17. The molecule has 0 aliphatic heterocycles. The van der Waals surface area contributed by atoms with Crippen LogP contribution in [0.2, 0.25) is 5.02 Å². The van der Waals surface area contributed by atoms with Crippen LogP contribution < -0.4 is 4.72 Å². The molecule has 0 spiro atoms. The summed E-state index contributed by atoms with van der Waals surface area (Å²) >= 11 is 5.87. The molecule has 0 amide bonds. The number of rotatable bonds is 3. The molecular weight excluding hydrogens is 272 g/mol. The average Bonchev–Trinajstić information content (AvgIpc) is 2.32. The van der Waals surface area contributed by atoms with E-state index in [2.05, 4.69) is 9.71 Å². The third-order valence-electron chi connectivity index (χ3n) is 2.37. The van der Waals surface area contributed by atoms with Gasteiger partial charge >= 0.3 is 0 Å². The summed E-state index contributed by atoms with van der Waals surface area (Å²) in [6.07, 6.45) is 1.47. The van der Waals surface area contributed by atoms with E-state index in [4.69, 9.17) is 11.6 Å². The van der Waals surface area contributed by atoms with Gasteiger partial charge in [0.05, 0.1) is 9.92 Å². The second-order valence-electron chi connectivity index (χ2n) is 3.70. The third-order valence-corrected chi connectivity index (χ3v) is 4.18. The number of hydrogen-bond donors (Lipinski definition) is 1. The fraction of sp³-hybridized carbons (Fsp3) is 0.0833. The number of anilines is 1. The van der Waals surface area contributed by atoms with Gasteiger partial charge in [-0.2, -0.15) is 0 Å². The summed E-state index contributed by atoms with van der Waals surface area (Å²) in [5, 5.41) is 0.259. The van der Waals surface area contributed by atoms with Gasteiger partial charge in [0.25, 0.3) is 10.0 Å². The monoisotopic (exact) mass is 282 g/mol. The van der Waals surface area contributed by atoms with Crippen molar-refractivity contribution in [2.24, 2.45) is 0 Å². The summed E-state index contributed by atoms with van der Waals surface area (Å²) < 4.78 is 26.7. The lowest BCUT2D eigenvalue weighted by Gasteiger charge is -2.10. The minimum atomic E-state index is -3.66. The molecule has 2 rings (SSSR count). The summed E-state index contributed by atoms with van der Waals surface area (Å²) in [6, 6.07) is 9.92. The van der Waals surface area contributed by atoms with Crippen LogP contribution in [-0.2, 0) is 10.0 Å². The van der Waals surface area contributed by atoms with Gasteiger partial charge in [0.1, 0.15) is 0 Å². The summed E-state index contributed by atoms with van der Waals surface area (Å²) in [4.78, 5) is 4.11. The Morgan fingerprint density at radius 3 is 2.56 bits per heavy atom. The van der Waals surface area contributed by atoms with Crippen molar-refractivity contribution in [1.82, 2.24) is 4.98 Å². The molecule has 0 saturated carbocycles. The Hall–Kier alpha value is -1.59. The van der Waals surface area contributed by atoms with Gasteiger partial charge in [-0.25, -0.2) is 13.4 Å². The Morgan fingerprint density at radius 1 is 1.17 bits per heavy atom. The zero-order valence-corrected chi connectivity index (χ0v) is 11.2. The van der Waals surface area contributed by atoms with E-state index < -0.39 is 10.0 Å². The van der Waals surface area contributed by atoms with Crippen LogP contribution in [0, 0.1) is 6.92 Å². The van der Waals surface area contributed by atoms with Crippen LogP contribution in [0.5, 0.6) is 0 Å². The van der Waals surface area contributed by atoms with Crippen molar-refractivity contribution in [3.63, 3.8) is 0 Å². The zero-order valence-electron chi connectivity index (χ0n) is 9.59. The minimum Gasteiger partial charge on any atom is -0.262 e. The molecule has 18 heavy (non-hydrogen) atoms. The molecule has 0 atom stereocenters. The number of aryl methyl sites for hydroxylation is 1. The first-order valence-corrected chi connectivity index (χ1v) is 7.06. The number of sulfonamides is 1. The summed E-state index contributed by atoms with van der Waals surface area (Å²) in [5.41, 5.74) is 0.664. The Bertz CT molecular complexity index is 671. The first-order chi connectivity index (χ1) is 8.50. The first kappa shape index (κ1) is 12.9. The van der Waals surface area contributed by atoms with Crippen LogP contribution in [0.15, 0.2) is 47.5 Å². The lowest BCUT2D eigenvalue weighted by atomic mass is 10.2. The quantitative estimate of drug-likeness (QED) is 0.942. The van der Waals surface area contributed by atoms with Gasteiger partial charge in [0.2, 0.25) is 0 Å². The molecule has 94 valence electrons. The van der Waals surface area contributed by atoms with Gasteiger partial charge in [-0.1, -0.05) is 29.8 Å². The Balaban J connectivity index is 2.40. The van der Waals surface area contributed by atoms with E-state index in [1.165, 1.54) is 12.3 Å². The number of benzene rings is 1. The number of nitrogens with zero attached hydrogens (tertiary/aromatic N) is 1. The number of hydrogen-bond acceptors (Lipinski definition) is 3. The van der Waals surface area contributed by atoms with E-state index in [-0.39, 0.29) is 15.7 Å². The van der Waals surface area contributed by atoms with Crippen LogP contribution in [0.1, 0.15) is 5.56 Å². The van der Waals surface area contributed by atoms with Gasteiger partial charge in [-0.3, -0.25) is 4.72 Å². The van der Waals surface area contributed by atoms with Gasteiger partial charge in [-0.15, -0.1) is 0 Å². The third kappa shape index (κ3) is 2.63. The molecule has 1 aromatic heterocycles. The molecule has 0 saturated heterocycles. The zero-order chi connectivity index (χ0) is 13.2. The highest BCUT2D eigenvalue weighted by molar-refractivity contribution is 7.92. The molecule has 6 heteroatoms. The van der Waals surface area contributed by atoms with E-state index in [0.29, 0.717) is 5.56 Å². The smallest absolute Gasteiger partial charge is 0.262 e. The molecule has 0 bridgehead atoms. The number of pyridine rings is 1. The van der Waals surface area contributed by atoms with E-state index in [0.717, 1.165) is 0 Å². The molecule has 1 N–H and O–H groups in total. The van der Waals surface area contributed by atoms with Crippen LogP contribution in [-0.4, -0.2) is 13.4 Å². The van der Waals surface area contributed by atoms with Crippen molar-refractivity contribution >= 4 is 27.4 Å². The number of aromatic nitrogens is 1. The summed E-state index contributed by atoms with van der Waals surface area (Å²) in [7, 11) is -3.66. The first-order valence-electron chi connectivity index (χ1n) is 5.20. The Kier molecular flexibility index (Phi) is 3.54. The van der Waals surface area contributed by atoms with Crippen molar-refractivity contribution in [1.29, 1.82) is 0 Å². The lowest BCUT2D eigenvalue weighted by molar-refractivity contribution is 0.600. The predicted molar refractivity (Wildman–Crippen MR) is 71.2 cm³/mol. The maximum absolute atomic E-state index is 12.2. The van der Waals surface area contributed by atoms with Crippen molar-refractivity contribution in [3.8, 4) is 0 Å². The van der Waals surface area contributed by atoms with Crippen LogP contribution in [0.25, 0.3) is 0 Å². The van der Waals surface area contributed by atoms with Crippen LogP contribution >= 0.6 is 11.6 Å². The number of halogens is 1. The molecule has 0 aliphatic carbocycles. The van der Waals surface area contributed by atoms with Gasteiger partial charge in [0, 0.05) is 6.20 Å². The number of nitrogens with one attached hydrogen (secondary N) is 1. The molecule has 1 aromatic carbocycles. The molecular formula is C12H11ClN2O2S. The van der Waals surface area contributed by atoms with E-state index in [1.54, 1.807) is 37.3 Å². The van der Waals surface area contributed by atoms with Crippen molar-refractivity contribution < 1.29 is 8.42 Å². The molecule has 0 fully saturated rings. The molecule has 1 heterocycles. The highest BCUT2D eigenvalue weighted by atomic mass is 35.5. The second kappa shape index (κ2) is 4.96. The largest absolute Gasteiger partial charge is 0.263 e. The van der Waals surface area contributed by atoms with E-state index >= 15 is 0 Å². The summed E-state index contributed by atoms with van der Waals surface area (Å²) in [5.74, 6) is 0.127. The van der Waals surface area contributed by atoms with E-state index in [9.17, 15) is 8.42 Å². The summed E-state index contributed by atoms with van der Waals surface area (Å²) in [6.45, 7) is 1.73. The molecule has 4 nitrogen and oxygen atoms in total. The lowest BCUT2D eigenvalue weighted by Crippen LogP contribution is -2.15. The fourth-order valence-electron chi connectivity index (χ4n) is 1.50. The van der Waals surface area contributed by atoms with E-state index in [1.807, 2.05) is 0 Å². The van der Waals surface area contributed by atoms with Gasteiger partial charge in [0.15, 0.2) is 5.82 Å². The second-order valence-corrected chi connectivity index (χ2v) is 5.76. The Labute approximate surface area is 111 Å². The van der Waals surface area contributed by atoms with Crippen molar-refractivity contribution in [2.45, 2.75) is 11.8 Å². The Morgan fingerprint density at radius 2 is 1.89 bits per heavy atom. The molecule has 0 radical (unpaired) electrons. The fourth-order valence-corrected chi connectivity index (χ4v) is 3.00. The topological polar surface area (TPSA) is 59.1 Å². The molecule has 0 unspecified atom stereocenters. The maximum atomic E-state index is 12.2. The van der Waals surface area contributed by atoms with Crippen molar-refractivity contribution in [3.05, 3.63) is 53.2 Å². The van der Waals surface area contributed by atoms with Crippen LogP contribution in [0.3, 0.4) is 0 Å². The average molecular weight is 283 g/mol. The van der Waals surface area contributed by atoms with Crippen molar-refractivity contribution in [2.75, 3.05) is 4.72 Å². The standard InChI is InChI=1S/C12H11ClN2O2S/c1-9-5-2-3-7-11(9)18(16,17)15-12-10(13)6-4-8-14-12/h2-8H,1H3,(H,14,15). The van der Waals surface area contributed by atoms with Gasteiger partial charge in [-0.05, 0) is 30.7 Å². The van der Waals surface area contributed by atoms with Gasteiger partial charge < -0.3 is 0 Å². The highest BCUT2D eigenvalue weighted by Crippen LogP contribution is 2.22. The normalized spacial score (nSPS) is 11.2. The molecule has 2 aromatic rings. The minimum absolute atomic E-state index is 0.127. The molecule has 0 aliphatic rings. The predicted octanol–water partition coefficient (Wildman–Crippen LogP) is 2.84. The maximum Gasteiger partial charge on any atom is 0.263 e.